The average molecular weight is 360 g/mol. The van der Waals surface area contributed by atoms with Crippen molar-refractivity contribution >= 4 is 22.9 Å². The van der Waals surface area contributed by atoms with E-state index < -0.39 is 11.4 Å². The number of phenolic OH excluding ortho intramolecular Hbond substituents is 1. The number of halogens is 1. The number of fused-ring (bicyclic) bond motifs is 1. The van der Waals surface area contributed by atoms with E-state index in [0.717, 1.165) is 0 Å². The van der Waals surface area contributed by atoms with E-state index in [1.807, 2.05) is 7.05 Å². The summed E-state index contributed by atoms with van der Waals surface area (Å²) in [6, 6.07) is 3.75. The van der Waals surface area contributed by atoms with Crippen LogP contribution < -0.4 is 10.6 Å². The first-order valence-corrected chi connectivity index (χ1v) is 8.09. The molecule has 0 saturated carbocycles. The van der Waals surface area contributed by atoms with Crippen molar-refractivity contribution in [3.05, 3.63) is 35.9 Å². The number of aromatic hydroxyl groups is 1. The number of hydrogen-bond acceptors (Lipinski definition) is 7. The molecule has 0 aliphatic carbocycles. The monoisotopic (exact) mass is 360 g/mol. The van der Waals surface area contributed by atoms with Crippen LogP contribution in [0.1, 0.15) is 19.4 Å². The second-order valence-electron chi connectivity index (χ2n) is 6.72. The van der Waals surface area contributed by atoms with Crippen LogP contribution in [0.15, 0.2) is 24.5 Å². The van der Waals surface area contributed by atoms with Gasteiger partial charge in [-0.3, -0.25) is 0 Å². The van der Waals surface area contributed by atoms with E-state index in [1.54, 1.807) is 24.7 Å². The third-order valence-corrected chi connectivity index (χ3v) is 3.73. The summed E-state index contributed by atoms with van der Waals surface area (Å²) in [7, 11) is 1.81. The number of imidazole rings is 1. The maximum absolute atomic E-state index is 13.4. The van der Waals surface area contributed by atoms with Gasteiger partial charge >= 0.3 is 0 Å². The van der Waals surface area contributed by atoms with Gasteiger partial charge in [0.2, 0.25) is 5.95 Å². The number of rotatable bonds is 6. The molecule has 0 fully saturated rings. The number of hydrogen-bond donors (Lipinski definition) is 4. The van der Waals surface area contributed by atoms with Crippen molar-refractivity contribution in [3.8, 4) is 5.75 Å². The molecular formula is C17H21FN6O2. The number of nitrogens with one attached hydrogen (secondary N) is 2. The van der Waals surface area contributed by atoms with Gasteiger partial charge < -0.3 is 25.4 Å². The predicted octanol–water partition coefficient (Wildman–Crippen LogP) is 2.00. The first kappa shape index (κ1) is 17.9. The lowest BCUT2D eigenvalue weighted by atomic mass is 10.1. The van der Waals surface area contributed by atoms with Gasteiger partial charge in [-0.05, 0) is 32.0 Å². The van der Waals surface area contributed by atoms with Gasteiger partial charge in [0.05, 0.1) is 11.9 Å². The second kappa shape index (κ2) is 6.75. The average Bonchev–Trinajstić information content (AvgIpc) is 2.94. The van der Waals surface area contributed by atoms with Crippen molar-refractivity contribution in [2.45, 2.75) is 26.0 Å². The van der Waals surface area contributed by atoms with Gasteiger partial charge in [-0.2, -0.15) is 9.97 Å². The molecule has 26 heavy (non-hydrogen) atoms. The third-order valence-electron chi connectivity index (χ3n) is 3.73. The van der Waals surface area contributed by atoms with Gasteiger partial charge in [0, 0.05) is 25.7 Å². The molecule has 3 aromatic rings. The minimum atomic E-state index is -0.925. The Bertz CT molecular complexity index is 935. The zero-order valence-electron chi connectivity index (χ0n) is 14.8. The summed E-state index contributed by atoms with van der Waals surface area (Å²) in [5, 5.41) is 25.8. The van der Waals surface area contributed by atoms with Crippen LogP contribution in [0.4, 0.5) is 16.2 Å². The van der Waals surface area contributed by atoms with Crippen molar-refractivity contribution in [1.29, 1.82) is 0 Å². The highest BCUT2D eigenvalue weighted by Gasteiger charge is 2.16. The lowest BCUT2D eigenvalue weighted by Crippen LogP contribution is -2.30. The Morgan fingerprint density at radius 3 is 2.73 bits per heavy atom. The molecule has 0 radical (unpaired) electrons. The fourth-order valence-electron chi connectivity index (χ4n) is 2.38. The van der Waals surface area contributed by atoms with Crippen LogP contribution in [0, 0.1) is 5.82 Å². The lowest BCUT2D eigenvalue weighted by Gasteiger charge is -2.18. The number of anilines is 2. The molecule has 0 unspecified atom stereocenters. The maximum atomic E-state index is 13.4. The molecule has 1 aromatic carbocycles. The summed E-state index contributed by atoms with van der Waals surface area (Å²) in [5.41, 5.74) is 0.631. The third kappa shape index (κ3) is 3.99. The molecule has 0 aliphatic heterocycles. The van der Waals surface area contributed by atoms with E-state index >= 15 is 0 Å². The minimum Gasteiger partial charge on any atom is -0.508 e. The van der Waals surface area contributed by atoms with Gasteiger partial charge in [0.25, 0.3) is 0 Å². The SMILES string of the molecule is Cn1cnc2c(NCc3cc(F)ccc3O)nc(NCC(C)(C)O)nc21. The maximum Gasteiger partial charge on any atom is 0.226 e. The fourth-order valence-corrected chi connectivity index (χ4v) is 2.38. The molecule has 2 heterocycles. The number of phenols is 1. The number of benzene rings is 1. The van der Waals surface area contributed by atoms with Crippen LogP contribution >= 0.6 is 0 Å². The van der Waals surface area contributed by atoms with Crippen molar-refractivity contribution in [1.82, 2.24) is 19.5 Å². The molecule has 0 saturated heterocycles. The summed E-state index contributed by atoms with van der Waals surface area (Å²) < 4.78 is 15.1. The van der Waals surface area contributed by atoms with E-state index in [9.17, 15) is 14.6 Å². The quantitative estimate of drug-likeness (QED) is 0.532. The van der Waals surface area contributed by atoms with E-state index in [0.29, 0.717) is 28.5 Å². The smallest absolute Gasteiger partial charge is 0.226 e. The predicted molar refractivity (Wildman–Crippen MR) is 96.5 cm³/mol. The van der Waals surface area contributed by atoms with E-state index in [-0.39, 0.29) is 18.8 Å². The summed E-state index contributed by atoms with van der Waals surface area (Å²) in [4.78, 5) is 13.1. The van der Waals surface area contributed by atoms with Crippen LogP contribution in [-0.2, 0) is 13.6 Å². The normalized spacial score (nSPS) is 11.7. The first-order chi connectivity index (χ1) is 12.2. The molecule has 138 valence electrons. The van der Waals surface area contributed by atoms with E-state index in [1.165, 1.54) is 18.2 Å². The highest BCUT2D eigenvalue weighted by atomic mass is 19.1. The topological polar surface area (TPSA) is 108 Å². The molecule has 0 spiro atoms. The van der Waals surface area contributed by atoms with Gasteiger partial charge in [-0.15, -0.1) is 0 Å². The molecule has 2 aromatic heterocycles. The highest BCUT2D eigenvalue weighted by Crippen LogP contribution is 2.23. The van der Waals surface area contributed by atoms with Crippen LogP contribution in [0.3, 0.4) is 0 Å². The van der Waals surface area contributed by atoms with Gasteiger partial charge in [0.15, 0.2) is 17.0 Å². The standard InChI is InChI=1S/C17H21FN6O2/c1-17(2,26)8-20-16-22-14(13-15(23-16)24(3)9-21-13)19-7-10-6-11(18)4-5-12(10)25/h4-6,9,25-26H,7-8H2,1-3H3,(H2,19,20,22,23). The molecule has 9 heteroatoms. The van der Waals surface area contributed by atoms with Crippen molar-refractivity contribution in [2.75, 3.05) is 17.2 Å². The van der Waals surface area contributed by atoms with E-state index in [2.05, 4.69) is 25.6 Å². The number of aryl methyl sites for hydroxylation is 1. The van der Waals surface area contributed by atoms with Crippen molar-refractivity contribution in [3.63, 3.8) is 0 Å². The molecule has 0 amide bonds. The van der Waals surface area contributed by atoms with E-state index in [4.69, 9.17) is 0 Å². The minimum absolute atomic E-state index is 0.00870. The summed E-state index contributed by atoms with van der Waals surface area (Å²) >= 11 is 0. The fraction of sp³-hybridized carbons (Fsp3) is 0.353. The molecule has 0 atom stereocenters. The Balaban J connectivity index is 1.89. The van der Waals surface area contributed by atoms with Crippen LogP contribution in [0.5, 0.6) is 5.75 Å². The molecule has 0 bridgehead atoms. The van der Waals surface area contributed by atoms with Crippen molar-refractivity contribution < 1.29 is 14.6 Å². The zero-order chi connectivity index (χ0) is 18.9. The van der Waals surface area contributed by atoms with Crippen LogP contribution in [-0.4, -0.2) is 41.9 Å². The molecule has 0 aliphatic rings. The van der Waals surface area contributed by atoms with Crippen LogP contribution in [0.25, 0.3) is 11.2 Å². The Labute approximate surface area is 149 Å². The van der Waals surface area contributed by atoms with Gasteiger partial charge in [0.1, 0.15) is 11.6 Å². The zero-order valence-corrected chi connectivity index (χ0v) is 14.8. The largest absolute Gasteiger partial charge is 0.508 e. The number of nitrogens with zero attached hydrogens (tertiary/aromatic N) is 4. The number of aliphatic hydroxyl groups is 1. The Morgan fingerprint density at radius 1 is 1.23 bits per heavy atom. The van der Waals surface area contributed by atoms with Gasteiger partial charge in [-0.25, -0.2) is 9.37 Å². The Morgan fingerprint density at radius 2 is 2.00 bits per heavy atom. The molecule has 3 rings (SSSR count). The second-order valence-corrected chi connectivity index (χ2v) is 6.72. The van der Waals surface area contributed by atoms with Crippen LogP contribution in [0.2, 0.25) is 0 Å². The molecule has 4 N–H and O–H groups in total. The summed E-state index contributed by atoms with van der Waals surface area (Å²) in [6.45, 7) is 3.78. The number of aromatic nitrogens is 4. The molecular weight excluding hydrogens is 339 g/mol. The lowest BCUT2D eigenvalue weighted by molar-refractivity contribution is 0.0943. The van der Waals surface area contributed by atoms with Crippen molar-refractivity contribution in [2.24, 2.45) is 7.05 Å². The summed E-state index contributed by atoms with van der Waals surface area (Å²) in [5.74, 6) is 0.329. The first-order valence-electron chi connectivity index (χ1n) is 8.09. The highest BCUT2D eigenvalue weighted by molar-refractivity contribution is 5.84. The Kier molecular flexibility index (Phi) is 4.64. The van der Waals surface area contributed by atoms with Gasteiger partial charge in [-0.1, -0.05) is 0 Å². The summed E-state index contributed by atoms with van der Waals surface area (Å²) in [6.07, 6.45) is 1.62. The molecule has 8 nitrogen and oxygen atoms in total. The Hall–Kier alpha value is -2.94.